The summed E-state index contributed by atoms with van der Waals surface area (Å²) in [6.07, 6.45) is -0.204. The van der Waals surface area contributed by atoms with Crippen LogP contribution in [0.25, 0.3) is 0 Å². The van der Waals surface area contributed by atoms with Crippen molar-refractivity contribution in [1.29, 1.82) is 0 Å². The van der Waals surface area contributed by atoms with Crippen molar-refractivity contribution in [2.45, 2.75) is 50.4 Å². The van der Waals surface area contributed by atoms with E-state index in [2.05, 4.69) is 32.5 Å². The second kappa shape index (κ2) is 6.57. The number of benzene rings is 1. The highest BCUT2D eigenvalue weighted by molar-refractivity contribution is 14.1. The van der Waals surface area contributed by atoms with Crippen LogP contribution in [-0.2, 0) is 19.1 Å². The molecule has 1 saturated carbocycles. The van der Waals surface area contributed by atoms with Crippen LogP contribution < -0.4 is 5.32 Å². The van der Waals surface area contributed by atoms with Gasteiger partial charge in [0.25, 0.3) is 0 Å². The molecule has 1 aliphatic heterocycles. The maximum atomic E-state index is 12.7. The minimum Gasteiger partial charge on any atom is -0.328 e. The first-order chi connectivity index (χ1) is 11.9. The Kier molecular flexibility index (Phi) is 4.56. The molecule has 1 aliphatic carbocycles. The molecule has 1 aromatic carbocycles. The molecular formula is C18H19F3IN3. The average Bonchev–Trinajstić information content (AvgIpc) is 3.37. The summed E-state index contributed by atoms with van der Waals surface area (Å²) >= 11 is 2.31. The number of alkyl halides is 3. The number of aryl methyl sites for hydroxylation is 1. The zero-order valence-electron chi connectivity index (χ0n) is 13.6. The maximum absolute atomic E-state index is 12.7. The summed E-state index contributed by atoms with van der Waals surface area (Å²) in [5.74, 6) is 1.84. The Balaban J connectivity index is 1.48. The van der Waals surface area contributed by atoms with Crippen molar-refractivity contribution in [3.8, 4) is 0 Å². The highest BCUT2D eigenvalue weighted by Crippen LogP contribution is 2.42. The number of nitrogens with one attached hydrogen (secondary N) is 1. The molecule has 3 nitrogen and oxygen atoms in total. The topological polar surface area (TPSA) is 29.9 Å². The zero-order chi connectivity index (χ0) is 17.6. The van der Waals surface area contributed by atoms with Gasteiger partial charge >= 0.3 is 6.18 Å². The van der Waals surface area contributed by atoms with Gasteiger partial charge in [-0.2, -0.15) is 13.2 Å². The van der Waals surface area contributed by atoms with Gasteiger partial charge in [0.05, 0.1) is 17.3 Å². The number of nitrogens with zero attached hydrogens (tertiary/aromatic N) is 2. The van der Waals surface area contributed by atoms with Crippen molar-refractivity contribution < 1.29 is 13.2 Å². The molecule has 0 spiro atoms. The van der Waals surface area contributed by atoms with E-state index in [1.807, 2.05) is 0 Å². The molecule has 0 amide bonds. The van der Waals surface area contributed by atoms with Gasteiger partial charge in [0.15, 0.2) is 0 Å². The van der Waals surface area contributed by atoms with Gasteiger partial charge in [-0.15, -0.1) is 0 Å². The number of hydrogen-bond donors (Lipinski definition) is 1. The van der Waals surface area contributed by atoms with Crippen molar-refractivity contribution in [2.75, 3.05) is 6.54 Å². The van der Waals surface area contributed by atoms with Gasteiger partial charge in [-0.05, 0) is 66.0 Å². The molecule has 134 valence electrons. The largest absolute Gasteiger partial charge is 0.416 e. The van der Waals surface area contributed by atoms with Gasteiger partial charge in [-0.1, -0.05) is 12.1 Å². The Morgan fingerprint density at radius 1 is 1.20 bits per heavy atom. The quantitative estimate of drug-likeness (QED) is 0.672. The summed E-state index contributed by atoms with van der Waals surface area (Å²) in [6.45, 7) is 1.87. The fourth-order valence-corrected chi connectivity index (χ4v) is 4.44. The van der Waals surface area contributed by atoms with Gasteiger partial charge in [-0.25, -0.2) is 4.98 Å². The van der Waals surface area contributed by atoms with Crippen molar-refractivity contribution >= 4 is 22.6 Å². The highest BCUT2D eigenvalue weighted by Gasteiger charge is 2.34. The van der Waals surface area contributed by atoms with E-state index in [4.69, 9.17) is 4.98 Å². The lowest BCUT2D eigenvalue weighted by Gasteiger charge is -2.27. The number of fused-ring (bicyclic) bond motifs is 1. The van der Waals surface area contributed by atoms with Crippen LogP contribution in [0.1, 0.15) is 53.9 Å². The summed E-state index contributed by atoms with van der Waals surface area (Å²) in [5, 5.41) is 3.55. The summed E-state index contributed by atoms with van der Waals surface area (Å²) in [5.41, 5.74) is 1.60. The fraction of sp³-hybridized carbons (Fsp3) is 0.500. The first kappa shape index (κ1) is 17.3. The molecule has 2 heterocycles. The molecule has 0 bridgehead atoms. The number of aromatic nitrogens is 2. The highest BCUT2D eigenvalue weighted by atomic mass is 127. The monoisotopic (exact) mass is 461 g/mol. The van der Waals surface area contributed by atoms with E-state index in [0.29, 0.717) is 5.92 Å². The maximum Gasteiger partial charge on any atom is 0.416 e. The van der Waals surface area contributed by atoms with E-state index in [0.717, 1.165) is 35.2 Å². The number of halogens is 4. The fourth-order valence-electron chi connectivity index (χ4n) is 3.53. The molecule has 1 fully saturated rings. The van der Waals surface area contributed by atoms with Crippen LogP contribution in [0.2, 0.25) is 0 Å². The second-order valence-corrected chi connectivity index (χ2v) is 7.83. The third-order valence-electron chi connectivity index (χ3n) is 4.99. The Morgan fingerprint density at radius 2 is 1.92 bits per heavy atom. The standard InChI is InChI=1S/C18H19F3IN3/c19-18(20,21)13-6-1-11(2-7-13)3-8-14-15-16(22)24-17(12-4-5-12)25(15)10-9-23-14/h1-2,6-7,12,14,23H,3-5,8-10H2. The Bertz CT molecular complexity index is 763. The molecule has 1 atom stereocenters. The van der Waals surface area contributed by atoms with Crippen LogP contribution in [0.4, 0.5) is 13.2 Å². The molecule has 4 rings (SSSR count). The van der Waals surface area contributed by atoms with Crippen LogP contribution in [0, 0.1) is 3.70 Å². The minimum atomic E-state index is -4.27. The van der Waals surface area contributed by atoms with Gasteiger partial charge in [0.2, 0.25) is 0 Å². The van der Waals surface area contributed by atoms with E-state index < -0.39 is 11.7 Å². The molecule has 1 N–H and O–H groups in total. The summed E-state index contributed by atoms with van der Waals surface area (Å²) in [7, 11) is 0. The Hall–Kier alpha value is -1.09. The number of imidazole rings is 1. The van der Waals surface area contributed by atoms with Crippen LogP contribution in [-0.4, -0.2) is 16.1 Å². The molecular weight excluding hydrogens is 442 g/mol. The lowest BCUT2D eigenvalue weighted by atomic mass is 10.0. The molecule has 1 aromatic heterocycles. The van der Waals surface area contributed by atoms with E-state index in [1.54, 1.807) is 12.1 Å². The molecule has 0 saturated heterocycles. The van der Waals surface area contributed by atoms with Crippen LogP contribution in [0.15, 0.2) is 24.3 Å². The predicted molar refractivity (Wildman–Crippen MR) is 97.4 cm³/mol. The summed E-state index contributed by atoms with van der Waals surface area (Å²) in [4.78, 5) is 4.78. The van der Waals surface area contributed by atoms with Crippen LogP contribution in [0.5, 0.6) is 0 Å². The third kappa shape index (κ3) is 3.58. The lowest BCUT2D eigenvalue weighted by Crippen LogP contribution is -2.34. The molecule has 1 unspecified atom stereocenters. The second-order valence-electron chi connectivity index (χ2n) is 6.81. The molecule has 2 aromatic rings. The normalized spacial score (nSPS) is 20.6. The molecule has 7 heteroatoms. The van der Waals surface area contributed by atoms with E-state index in [9.17, 15) is 13.2 Å². The third-order valence-corrected chi connectivity index (χ3v) is 5.79. The summed E-state index contributed by atoms with van der Waals surface area (Å²) < 4.78 is 41.4. The summed E-state index contributed by atoms with van der Waals surface area (Å²) in [6, 6.07) is 5.72. The Morgan fingerprint density at radius 3 is 2.56 bits per heavy atom. The lowest BCUT2D eigenvalue weighted by molar-refractivity contribution is -0.137. The van der Waals surface area contributed by atoms with E-state index >= 15 is 0 Å². The van der Waals surface area contributed by atoms with Gasteiger partial charge in [0.1, 0.15) is 9.53 Å². The van der Waals surface area contributed by atoms with E-state index in [-0.39, 0.29) is 6.04 Å². The van der Waals surface area contributed by atoms with Crippen molar-refractivity contribution in [3.05, 3.63) is 50.6 Å². The SMILES string of the molecule is FC(F)(F)c1ccc(CCC2NCCn3c(C4CC4)nc(I)c32)cc1. The molecule has 25 heavy (non-hydrogen) atoms. The van der Waals surface area contributed by atoms with Crippen molar-refractivity contribution in [1.82, 2.24) is 14.9 Å². The molecule has 0 radical (unpaired) electrons. The molecule has 2 aliphatic rings. The Labute approximate surface area is 158 Å². The van der Waals surface area contributed by atoms with E-state index in [1.165, 1.54) is 36.5 Å². The predicted octanol–water partition coefficient (Wildman–Crippen LogP) is 4.66. The number of hydrogen-bond acceptors (Lipinski definition) is 2. The first-order valence-electron chi connectivity index (χ1n) is 8.59. The van der Waals surface area contributed by atoms with Gasteiger partial charge in [0, 0.05) is 19.0 Å². The number of rotatable bonds is 4. The first-order valence-corrected chi connectivity index (χ1v) is 9.66. The smallest absolute Gasteiger partial charge is 0.328 e. The zero-order valence-corrected chi connectivity index (χ0v) is 15.8. The van der Waals surface area contributed by atoms with Gasteiger partial charge in [-0.3, -0.25) is 0 Å². The van der Waals surface area contributed by atoms with Crippen molar-refractivity contribution in [2.24, 2.45) is 0 Å². The van der Waals surface area contributed by atoms with Gasteiger partial charge < -0.3 is 9.88 Å². The van der Waals surface area contributed by atoms with Crippen LogP contribution in [0.3, 0.4) is 0 Å². The minimum absolute atomic E-state index is 0.211. The van der Waals surface area contributed by atoms with Crippen molar-refractivity contribution in [3.63, 3.8) is 0 Å². The average molecular weight is 461 g/mol. The van der Waals surface area contributed by atoms with Crippen LogP contribution >= 0.6 is 22.6 Å².